The molecule has 0 amide bonds. The number of aromatic hydroxyl groups is 1. The summed E-state index contributed by atoms with van der Waals surface area (Å²) in [5.74, 6) is 0.373. The van der Waals surface area contributed by atoms with E-state index in [2.05, 4.69) is 49.2 Å². The number of aryl methyl sites for hydroxylation is 2. The second-order valence-electron chi connectivity index (χ2n) is 6.85. The Morgan fingerprint density at radius 3 is 2.74 bits per heavy atom. The van der Waals surface area contributed by atoms with Crippen LogP contribution in [0.4, 0.5) is 0 Å². The maximum absolute atomic E-state index is 10.3. The third-order valence-corrected chi connectivity index (χ3v) is 5.13. The summed E-state index contributed by atoms with van der Waals surface area (Å²) >= 11 is 0. The molecule has 0 radical (unpaired) electrons. The highest BCUT2D eigenvalue weighted by atomic mass is 16.3. The standard InChI is InChI=1S/C21H27NO/c1-16-10-13-21(23)20(15-16)19-9-4-3-7-17(19)11-12-18-8-5-6-14-22(18)2/h3-4,7,9-10,13,15,18,23H,5-6,8,11-12,14H2,1-2H3. The highest BCUT2D eigenvalue weighted by Gasteiger charge is 2.19. The molecule has 0 aromatic heterocycles. The van der Waals surface area contributed by atoms with E-state index in [0.717, 1.165) is 12.0 Å². The van der Waals surface area contributed by atoms with Gasteiger partial charge in [-0.3, -0.25) is 0 Å². The number of rotatable bonds is 4. The van der Waals surface area contributed by atoms with Crippen LogP contribution in [0.3, 0.4) is 0 Å². The highest BCUT2D eigenvalue weighted by molar-refractivity contribution is 5.73. The van der Waals surface area contributed by atoms with Gasteiger partial charge in [-0.2, -0.15) is 0 Å². The molecule has 3 rings (SSSR count). The van der Waals surface area contributed by atoms with Crippen molar-refractivity contribution < 1.29 is 5.11 Å². The van der Waals surface area contributed by atoms with Gasteiger partial charge in [0.25, 0.3) is 0 Å². The molecule has 2 nitrogen and oxygen atoms in total. The van der Waals surface area contributed by atoms with Gasteiger partial charge in [0.05, 0.1) is 0 Å². The topological polar surface area (TPSA) is 23.5 Å². The van der Waals surface area contributed by atoms with E-state index in [-0.39, 0.29) is 0 Å². The normalized spacial score (nSPS) is 19.0. The van der Waals surface area contributed by atoms with Gasteiger partial charge in [-0.1, -0.05) is 42.3 Å². The van der Waals surface area contributed by atoms with E-state index in [4.69, 9.17) is 0 Å². The van der Waals surface area contributed by atoms with Crippen LogP contribution in [0, 0.1) is 6.92 Å². The fraction of sp³-hybridized carbons (Fsp3) is 0.429. The van der Waals surface area contributed by atoms with Crippen molar-refractivity contribution in [1.82, 2.24) is 4.90 Å². The number of phenolic OH excluding ortho intramolecular Hbond substituents is 1. The predicted molar refractivity (Wildman–Crippen MR) is 96.9 cm³/mol. The van der Waals surface area contributed by atoms with E-state index in [0.29, 0.717) is 11.8 Å². The quantitative estimate of drug-likeness (QED) is 0.878. The van der Waals surface area contributed by atoms with Crippen molar-refractivity contribution in [1.29, 1.82) is 0 Å². The van der Waals surface area contributed by atoms with Gasteiger partial charge in [-0.05, 0) is 69.5 Å². The Balaban J connectivity index is 1.82. The highest BCUT2D eigenvalue weighted by Crippen LogP contribution is 2.33. The van der Waals surface area contributed by atoms with Crippen molar-refractivity contribution in [2.24, 2.45) is 0 Å². The van der Waals surface area contributed by atoms with Crippen LogP contribution in [-0.4, -0.2) is 29.6 Å². The number of piperidine rings is 1. The Morgan fingerprint density at radius 2 is 1.91 bits per heavy atom. The molecule has 1 N–H and O–H groups in total. The second-order valence-corrected chi connectivity index (χ2v) is 6.85. The first-order valence-electron chi connectivity index (χ1n) is 8.73. The molecule has 1 unspecified atom stereocenters. The van der Waals surface area contributed by atoms with E-state index in [1.54, 1.807) is 6.07 Å². The minimum absolute atomic E-state index is 0.373. The summed E-state index contributed by atoms with van der Waals surface area (Å²) in [5, 5.41) is 10.3. The molecule has 0 spiro atoms. The largest absolute Gasteiger partial charge is 0.507 e. The van der Waals surface area contributed by atoms with Crippen molar-refractivity contribution in [3.05, 3.63) is 53.6 Å². The van der Waals surface area contributed by atoms with Crippen molar-refractivity contribution in [3.8, 4) is 16.9 Å². The lowest BCUT2D eigenvalue weighted by molar-refractivity contribution is 0.176. The number of benzene rings is 2. The monoisotopic (exact) mass is 309 g/mol. The average molecular weight is 309 g/mol. The summed E-state index contributed by atoms with van der Waals surface area (Å²) in [7, 11) is 2.25. The minimum atomic E-state index is 0.373. The van der Waals surface area contributed by atoms with E-state index in [1.165, 1.54) is 48.9 Å². The third kappa shape index (κ3) is 3.76. The fourth-order valence-corrected chi connectivity index (χ4v) is 3.70. The Morgan fingerprint density at radius 1 is 1.09 bits per heavy atom. The summed E-state index contributed by atoms with van der Waals surface area (Å²) in [6, 6.07) is 15.1. The molecule has 2 aromatic rings. The van der Waals surface area contributed by atoms with Crippen LogP contribution >= 0.6 is 0 Å². The van der Waals surface area contributed by atoms with E-state index < -0.39 is 0 Å². The fourth-order valence-electron chi connectivity index (χ4n) is 3.70. The molecule has 23 heavy (non-hydrogen) atoms. The lowest BCUT2D eigenvalue weighted by atomic mass is 9.91. The molecule has 1 heterocycles. The number of likely N-dealkylation sites (tertiary alicyclic amines) is 1. The number of phenols is 1. The summed E-state index contributed by atoms with van der Waals surface area (Å²) in [6.07, 6.45) is 6.27. The zero-order valence-corrected chi connectivity index (χ0v) is 14.3. The van der Waals surface area contributed by atoms with Crippen molar-refractivity contribution in [2.45, 2.75) is 45.1 Å². The van der Waals surface area contributed by atoms with Gasteiger partial charge in [0.1, 0.15) is 5.75 Å². The Hall–Kier alpha value is -1.80. The first-order valence-corrected chi connectivity index (χ1v) is 8.73. The zero-order valence-electron chi connectivity index (χ0n) is 14.3. The smallest absolute Gasteiger partial charge is 0.123 e. The summed E-state index contributed by atoms with van der Waals surface area (Å²) < 4.78 is 0. The molecule has 1 aliphatic rings. The second kappa shape index (κ2) is 7.18. The van der Waals surface area contributed by atoms with Gasteiger partial charge in [-0.15, -0.1) is 0 Å². The molecule has 0 aliphatic carbocycles. The Kier molecular flexibility index (Phi) is 5.02. The van der Waals surface area contributed by atoms with Gasteiger partial charge in [0.15, 0.2) is 0 Å². The molecule has 2 heteroatoms. The van der Waals surface area contributed by atoms with Crippen LogP contribution in [0.2, 0.25) is 0 Å². The Labute approximate surface area is 139 Å². The number of hydrogen-bond donors (Lipinski definition) is 1. The Bertz CT molecular complexity index is 665. The molecule has 0 bridgehead atoms. The third-order valence-electron chi connectivity index (χ3n) is 5.13. The molecule has 122 valence electrons. The van der Waals surface area contributed by atoms with Gasteiger partial charge in [0.2, 0.25) is 0 Å². The minimum Gasteiger partial charge on any atom is -0.507 e. The molecule has 0 saturated carbocycles. The SMILES string of the molecule is Cc1ccc(O)c(-c2ccccc2CCC2CCCCN2C)c1. The van der Waals surface area contributed by atoms with Gasteiger partial charge < -0.3 is 10.0 Å². The van der Waals surface area contributed by atoms with Gasteiger partial charge in [-0.25, -0.2) is 0 Å². The lowest BCUT2D eigenvalue weighted by Crippen LogP contribution is -2.36. The summed E-state index contributed by atoms with van der Waals surface area (Å²) in [5.41, 5.74) is 4.65. The molecular formula is C21H27NO. The summed E-state index contributed by atoms with van der Waals surface area (Å²) in [6.45, 7) is 3.30. The molecule has 1 fully saturated rings. The van der Waals surface area contributed by atoms with Crippen LogP contribution in [0.25, 0.3) is 11.1 Å². The van der Waals surface area contributed by atoms with Crippen LogP contribution in [0.15, 0.2) is 42.5 Å². The zero-order chi connectivity index (χ0) is 16.2. The summed E-state index contributed by atoms with van der Waals surface area (Å²) in [4.78, 5) is 2.51. The predicted octanol–water partition coefficient (Wildman–Crippen LogP) is 4.78. The molecule has 1 atom stereocenters. The average Bonchev–Trinajstić information content (AvgIpc) is 2.57. The van der Waals surface area contributed by atoms with E-state index in [9.17, 15) is 5.11 Å². The molecular weight excluding hydrogens is 282 g/mol. The molecule has 2 aromatic carbocycles. The van der Waals surface area contributed by atoms with Crippen LogP contribution in [0.5, 0.6) is 5.75 Å². The lowest BCUT2D eigenvalue weighted by Gasteiger charge is -2.32. The first-order chi connectivity index (χ1) is 11.1. The maximum Gasteiger partial charge on any atom is 0.123 e. The molecule has 1 saturated heterocycles. The number of hydrogen-bond acceptors (Lipinski definition) is 2. The molecule has 1 aliphatic heterocycles. The van der Waals surface area contributed by atoms with Gasteiger partial charge in [0, 0.05) is 11.6 Å². The van der Waals surface area contributed by atoms with Crippen LogP contribution < -0.4 is 0 Å². The van der Waals surface area contributed by atoms with Gasteiger partial charge >= 0.3 is 0 Å². The van der Waals surface area contributed by atoms with Crippen LogP contribution in [-0.2, 0) is 6.42 Å². The first kappa shape index (κ1) is 16.1. The van der Waals surface area contributed by atoms with Crippen molar-refractivity contribution >= 4 is 0 Å². The van der Waals surface area contributed by atoms with E-state index >= 15 is 0 Å². The van der Waals surface area contributed by atoms with Crippen LogP contribution in [0.1, 0.15) is 36.8 Å². The number of nitrogens with zero attached hydrogens (tertiary/aromatic N) is 1. The van der Waals surface area contributed by atoms with Crippen molar-refractivity contribution in [3.63, 3.8) is 0 Å². The maximum atomic E-state index is 10.3. The van der Waals surface area contributed by atoms with Crippen molar-refractivity contribution in [2.75, 3.05) is 13.6 Å². The van der Waals surface area contributed by atoms with E-state index in [1.807, 2.05) is 6.07 Å².